The van der Waals surface area contributed by atoms with Crippen molar-refractivity contribution in [1.82, 2.24) is 10.2 Å². The summed E-state index contributed by atoms with van der Waals surface area (Å²) >= 11 is 0. The molecule has 1 amide bonds. The van der Waals surface area contributed by atoms with Crippen molar-refractivity contribution in [3.63, 3.8) is 0 Å². The zero-order valence-corrected chi connectivity index (χ0v) is 13.7. The van der Waals surface area contributed by atoms with Crippen LogP contribution in [0, 0.1) is 17.8 Å². The lowest BCUT2D eigenvalue weighted by molar-refractivity contribution is -0.253. The summed E-state index contributed by atoms with van der Waals surface area (Å²) in [6.07, 6.45) is 1.91. The molecule has 24 heavy (non-hydrogen) atoms. The molecule has 4 saturated carbocycles. The Hall–Kier alpha value is -0.820. The second-order valence-corrected chi connectivity index (χ2v) is 8.74. The highest BCUT2D eigenvalue weighted by atomic mass is 19.4. The average molecular weight is 346 g/mol. The zero-order valence-electron chi connectivity index (χ0n) is 13.7. The predicted octanol–water partition coefficient (Wildman–Crippen LogP) is 2.07. The first kappa shape index (κ1) is 16.6. The van der Waals surface area contributed by atoms with Crippen LogP contribution in [0.5, 0.6) is 0 Å². The van der Waals surface area contributed by atoms with Gasteiger partial charge in [-0.1, -0.05) is 0 Å². The fourth-order valence-corrected chi connectivity index (χ4v) is 6.04. The molecular weight excluding hydrogens is 321 g/mol. The van der Waals surface area contributed by atoms with E-state index in [4.69, 9.17) is 0 Å². The monoisotopic (exact) mass is 346 g/mol. The number of alkyl halides is 3. The third-order valence-corrected chi connectivity index (χ3v) is 6.66. The van der Waals surface area contributed by atoms with Gasteiger partial charge in [-0.3, -0.25) is 9.69 Å². The van der Waals surface area contributed by atoms with Crippen LogP contribution in [0.4, 0.5) is 13.2 Å². The maximum absolute atomic E-state index is 12.9. The molecule has 0 spiro atoms. The molecule has 0 aromatic rings. The van der Waals surface area contributed by atoms with Crippen molar-refractivity contribution in [2.24, 2.45) is 17.8 Å². The number of hydrogen-bond acceptors (Lipinski definition) is 3. The minimum Gasteiger partial charge on any atom is -0.379 e. The number of nitrogens with zero attached hydrogens (tertiary/aromatic N) is 1. The summed E-state index contributed by atoms with van der Waals surface area (Å²) in [5.74, 6) is 1.93. The van der Waals surface area contributed by atoms with Gasteiger partial charge >= 0.3 is 6.18 Å². The van der Waals surface area contributed by atoms with Gasteiger partial charge in [0.2, 0.25) is 5.91 Å². The van der Waals surface area contributed by atoms with Crippen LogP contribution in [0.2, 0.25) is 0 Å². The van der Waals surface area contributed by atoms with Crippen LogP contribution in [0.1, 0.15) is 44.9 Å². The second-order valence-electron chi connectivity index (χ2n) is 8.74. The number of amides is 1. The van der Waals surface area contributed by atoms with Crippen LogP contribution in [-0.4, -0.2) is 52.9 Å². The molecule has 1 saturated heterocycles. The molecule has 2 N–H and O–H groups in total. The van der Waals surface area contributed by atoms with Crippen LogP contribution >= 0.6 is 0 Å². The molecule has 0 radical (unpaired) electrons. The van der Waals surface area contributed by atoms with E-state index in [9.17, 15) is 23.1 Å². The molecule has 0 aromatic heterocycles. The van der Waals surface area contributed by atoms with E-state index in [0.717, 1.165) is 19.3 Å². The Labute approximate surface area is 139 Å². The van der Waals surface area contributed by atoms with E-state index < -0.39 is 18.3 Å². The summed E-state index contributed by atoms with van der Waals surface area (Å²) in [4.78, 5) is 13.8. The highest BCUT2D eigenvalue weighted by Gasteiger charge is 2.57. The maximum atomic E-state index is 12.9. The van der Waals surface area contributed by atoms with Gasteiger partial charge in [0.1, 0.15) is 0 Å². The Morgan fingerprint density at radius 2 is 1.67 bits per heavy atom. The van der Waals surface area contributed by atoms with Gasteiger partial charge in [0.15, 0.2) is 5.60 Å². The smallest absolute Gasteiger partial charge is 0.379 e. The van der Waals surface area contributed by atoms with Crippen molar-refractivity contribution in [3.8, 4) is 0 Å². The van der Waals surface area contributed by atoms with Crippen molar-refractivity contribution in [1.29, 1.82) is 0 Å². The van der Waals surface area contributed by atoms with Crippen molar-refractivity contribution in [2.75, 3.05) is 19.6 Å². The lowest BCUT2D eigenvalue weighted by Gasteiger charge is -2.57. The molecule has 1 heterocycles. The Kier molecular flexibility index (Phi) is 3.70. The van der Waals surface area contributed by atoms with Crippen molar-refractivity contribution in [3.05, 3.63) is 0 Å². The van der Waals surface area contributed by atoms with Crippen molar-refractivity contribution >= 4 is 5.91 Å². The van der Waals surface area contributed by atoms with Gasteiger partial charge in [0.25, 0.3) is 0 Å². The molecule has 5 aliphatic rings. The first-order chi connectivity index (χ1) is 11.2. The quantitative estimate of drug-likeness (QED) is 0.823. The number of carbonyl (C=O) groups excluding carboxylic acids is 1. The van der Waals surface area contributed by atoms with Gasteiger partial charge in [-0.25, -0.2) is 0 Å². The third-order valence-electron chi connectivity index (χ3n) is 6.66. The zero-order chi connectivity index (χ0) is 17.2. The number of hydrogen-bond donors (Lipinski definition) is 2. The van der Waals surface area contributed by atoms with Gasteiger partial charge in [-0.15, -0.1) is 0 Å². The van der Waals surface area contributed by atoms with Gasteiger partial charge in [-0.05, 0) is 62.7 Å². The summed E-state index contributed by atoms with van der Waals surface area (Å²) in [6.45, 7) is -0.463. The number of halogens is 3. The van der Waals surface area contributed by atoms with Gasteiger partial charge in [0, 0.05) is 18.6 Å². The van der Waals surface area contributed by atoms with E-state index in [1.165, 1.54) is 24.2 Å². The van der Waals surface area contributed by atoms with E-state index in [1.807, 2.05) is 0 Å². The molecule has 5 rings (SSSR count). The Morgan fingerprint density at radius 1 is 1.12 bits per heavy atom. The lowest BCUT2D eigenvalue weighted by Crippen LogP contribution is -2.61. The van der Waals surface area contributed by atoms with Gasteiger partial charge < -0.3 is 10.4 Å². The molecule has 7 heteroatoms. The highest BCUT2D eigenvalue weighted by molar-refractivity contribution is 5.79. The van der Waals surface area contributed by atoms with E-state index in [-0.39, 0.29) is 31.0 Å². The van der Waals surface area contributed by atoms with Gasteiger partial charge in [-0.2, -0.15) is 13.2 Å². The standard InChI is InChI=1S/C17H25F3N2O2/c18-17(19,20)16(24)1-2-22(10-16)9-14(23)21-15-6-11-3-12(7-15)5-13(4-11)8-15/h11-13,24H,1-10H2,(H,21,23)/t11?,12?,13?,15?,16-/m0/s1. The molecule has 4 nitrogen and oxygen atoms in total. The topological polar surface area (TPSA) is 52.6 Å². The minimum atomic E-state index is -4.64. The number of likely N-dealkylation sites (tertiary alicyclic amines) is 1. The second kappa shape index (κ2) is 5.34. The van der Waals surface area contributed by atoms with E-state index in [2.05, 4.69) is 5.32 Å². The van der Waals surface area contributed by atoms with E-state index in [0.29, 0.717) is 17.8 Å². The molecule has 0 unspecified atom stereocenters. The van der Waals surface area contributed by atoms with Crippen LogP contribution < -0.4 is 5.32 Å². The summed E-state index contributed by atoms with van der Waals surface area (Å²) in [6, 6.07) is 0. The molecule has 5 fully saturated rings. The Balaban J connectivity index is 1.35. The van der Waals surface area contributed by atoms with E-state index >= 15 is 0 Å². The Morgan fingerprint density at radius 3 is 2.12 bits per heavy atom. The summed E-state index contributed by atoms with van der Waals surface area (Å²) in [5, 5.41) is 12.9. The largest absolute Gasteiger partial charge is 0.418 e. The Bertz CT molecular complexity index is 501. The van der Waals surface area contributed by atoms with Crippen molar-refractivity contribution in [2.45, 2.75) is 62.3 Å². The number of aliphatic hydroxyl groups is 1. The van der Waals surface area contributed by atoms with Crippen LogP contribution in [0.3, 0.4) is 0 Å². The fourth-order valence-electron chi connectivity index (χ4n) is 6.04. The summed E-state index contributed by atoms with van der Waals surface area (Å²) < 4.78 is 38.6. The SMILES string of the molecule is O=C(CN1CC[C@@](O)(C(F)(F)F)C1)NC12CC3CC(CC(C3)C1)C2. The maximum Gasteiger partial charge on any atom is 0.418 e. The summed E-state index contributed by atoms with van der Waals surface area (Å²) in [7, 11) is 0. The first-order valence-electron chi connectivity index (χ1n) is 8.99. The van der Waals surface area contributed by atoms with Crippen LogP contribution in [0.15, 0.2) is 0 Å². The first-order valence-corrected chi connectivity index (χ1v) is 8.99. The number of nitrogens with one attached hydrogen (secondary N) is 1. The highest BCUT2D eigenvalue weighted by Crippen LogP contribution is 2.55. The van der Waals surface area contributed by atoms with Gasteiger partial charge in [0.05, 0.1) is 6.54 Å². The van der Waals surface area contributed by atoms with Crippen LogP contribution in [-0.2, 0) is 4.79 Å². The average Bonchev–Trinajstić information content (AvgIpc) is 2.78. The molecule has 136 valence electrons. The summed E-state index contributed by atoms with van der Waals surface area (Å²) in [5.41, 5.74) is -2.79. The van der Waals surface area contributed by atoms with E-state index in [1.54, 1.807) is 0 Å². The predicted molar refractivity (Wildman–Crippen MR) is 81.1 cm³/mol. The lowest BCUT2D eigenvalue weighted by atomic mass is 9.53. The molecule has 1 aliphatic heterocycles. The molecule has 4 aliphatic carbocycles. The third kappa shape index (κ3) is 2.83. The fraction of sp³-hybridized carbons (Fsp3) is 0.941. The normalized spacial score (nSPS) is 44.9. The molecule has 1 atom stereocenters. The number of rotatable bonds is 3. The van der Waals surface area contributed by atoms with Crippen molar-refractivity contribution < 1.29 is 23.1 Å². The molecular formula is C17H25F3N2O2. The molecule has 0 aromatic carbocycles. The van der Waals surface area contributed by atoms with Crippen LogP contribution in [0.25, 0.3) is 0 Å². The number of carbonyl (C=O) groups is 1. The molecule has 4 bridgehead atoms. The number of β-amino-alcohol motifs (C(OH)–C–C–N with tert-alkyl or cyclic N) is 1. The minimum absolute atomic E-state index is 0.0554.